The smallest absolute Gasteiger partial charge is 0.0419 e. The second-order valence-corrected chi connectivity index (χ2v) is 6.26. The van der Waals surface area contributed by atoms with Gasteiger partial charge in [0, 0.05) is 29.1 Å². The maximum absolute atomic E-state index is 4.42. The van der Waals surface area contributed by atoms with Gasteiger partial charge in [0.2, 0.25) is 0 Å². The van der Waals surface area contributed by atoms with Gasteiger partial charge in [-0.2, -0.15) is 11.8 Å². The summed E-state index contributed by atoms with van der Waals surface area (Å²) in [6.07, 6.45) is 5.57. The zero-order valence-electron chi connectivity index (χ0n) is 10.1. The van der Waals surface area contributed by atoms with Crippen molar-refractivity contribution in [3.8, 4) is 0 Å². The second kappa shape index (κ2) is 5.19. The normalized spacial score (nSPS) is 26.9. The molecule has 2 heterocycles. The largest absolute Gasteiger partial charge is 0.315 e. The van der Waals surface area contributed by atoms with E-state index in [1.165, 1.54) is 24.3 Å². The van der Waals surface area contributed by atoms with Crippen molar-refractivity contribution in [3.05, 3.63) is 30.1 Å². The topological polar surface area (TPSA) is 24.9 Å². The summed E-state index contributed by atoms with van der Waals surface area (Å²) in [5.74, 6) is 1.30. The highest BCUT2D eigenvalue weighted by Crippen LogP contribution is 2.41. The number of nitrogens with zero attached hydrogens (tertiary/aromatic N) is 1. The second-order valence-electron chi connectivity index (χ2n) is 4.63. The zero-order chi connectivity index (χ0) is 11.4. The standard InChI is InChI=1S/C13H20N2S/c1-13(7-5-9-16-13)12(14-2)10-11-6-3-4-8-15-11/h3-4,6,8,12,14H,5,7,9-10H2,1-2H3. The van der Waals surface area contributed by atoms with E-state index in [1.54, 1.807) is 0 Å². The third-order valence-corrected chi connectivity index (χ3v) is 5.12. The first-order valence-corrected chi connectivity index (χ1v) is 6.94. The minimum Gasteiger partial charge on any atom is -0.315 e. The molecule has 1 aromatic rings. The molecule has 0 aliphatic carbocycles. The maximum Gasteiger partial charge on any atom is 0.0419 e. The molecule has 1 N–H and O–H groups in total. The summed E-state index contributed by atoms with van der Waals surface area (Å²) >= 11 is 2.11. The van der Waals surface area contributed by atoms with Crippen LogP contribution in [-0.4, -0.2) is 28.6 Å². The molecule has 3 heteroatoms. The Morgan fingerprint density at radius 1 is 1.56 bits per heavy atom. The van der Waals surface area contributed by atoms with Crippen LogP contribution < -0.4 is 5.32 Å². The lowest BCUT2D eigenvalue weighted by Gasteiger charge is -2.33. The number of aromatic nitrogens is 1. The van der Waals surface area contributed by atoms with E-state index in [-0.39, 0.29) is 0 Å². The Kier molecular flexibility index (Phi) is 3.87. The summed E-state index contributed by atoms with van der Waals surface area (Å²) in [5, 5.41) is 3.47. The van der Waals surface area contributed by atoms with Crippen molar-refractivity contribution in [3.63, 3.8) is 0 Å². The van der Waals surface area contributed by atoms with Crippen LogP contribution >= 0.6 is 11.8 Å². The quantitative estimate of drug-likeness (QED) is 0.869. The SMILES string of the molecule is CNC(Cc1ccccn1)C1(C)CCCS1. The highest BCUT2D eigenvalue weighted by Gasteiger charge is 2.37. The van der Waals surface area contributed by atoms with Crippen LogP contribution in [0.4, 0.5) is 0 Å². The van der Waals surface area contributed by atoms with Crippen LogP contribution in [-0.2, 0) is 6.42 Å². The van der Waals surface area contributed by atoms with E-state index in [2.05, 4.69) is 48.2 Å². The molecule has 2 unspecified atom stereocenters. The minimum absolute atomic E-state index is 0.381. The Morgan fingerprint density at radius 3 is 3.00 bits per heavy atom. The molecule has 2 rings (SSSR count). The number of rotatable bonds is 4. The predicted molar refractivity (Wildman–Crippen MR) is 70.9 cm³/mol. The molecular weight excluding hydrogens is 216 g/mol. The molecule has 0 spiro atoms. The fourth-order valence-corrected chi connectivity index (χ4v) is 3.87. The molecule has 0 radical (unpaired) electrons. The van der Waals surface area contributed by atoms with Gasteiger partial charge >= 0.3 is 0 Å². The molecule has 1 aromatic heterocycles. The number of nitrogens with one attached hydrogen (secondary N) is 1. The molecule has 1 saturated heterocycles. The number of thioether (sulfide) groups is 1. The lowest BCUT2D eigenvalue weighted by molar-refractivity contribution is 0.421. The van der Waals surface area contributed by atoms with Gasteiger partial charge in [-0.1, -0.05) is 6.07 Å². The summed E-state index contributed by atoms with van der Waals surface area (Å²) in [5.41, 5.74) is 1.19. The van der Waals surface area contributed by atoms with E-state index in [1.807, 2.05) is 12.3 Å². The molecular formula is C13H20N2S. The van der Waals surface area contributed by atoms with Crippen molar-refractivity contribution in [2.75, 3.05) is 12.8 Å². The fourth-order valence-electron chi connectivity index (χ4n) is 2.43. The van der Waals surface area contributed by atoms with Crippen molar-refractivity contribution in [2.45, 2.75) is 37.0 Å². The van der Waals surface area contributed by atoms with Crippen molar-refractivity contribution in [2.24, 2.45) is 0 Å². The Hall–Kier alpha value is -0.540. The number of pyridine rings is 1. The molecule has 88 valence electrons. The lowest BCUT2D eigenvalue weighted by atomic mass is 9.92. The summed E-state index contributed by atoms with van der Waals surface area (Å²) in [6.45, 7) is 2.38. The summed E-state index contributed by atoms with van der Waals surface area (Å²) < 4.78 is 0.381. The molecule has 2 nitrogen and oxygen atoms in total. The third kappa shape index (κ3) is 2.58. The average Bonchev–Trinajstić information content (AvgIpc) is 2.75. The van der Waals surface area contributed by atoms with Gasteiger partial charge in [-0.05, 0) is 44.7 Å². The van der Waals surface area contributed by atoms with Crippen LogP contribution in [0.15, 0.2) is 24.4 Å². The fraction of sp³-hybridized carbons (Fsp3) is 0.615. The first kappa shape index (κ1) is 11.9. The van der Waals surface area contributed by atoms with E-state index in [0.717, 1.165) is 6.42 Å². The van der Waals surface area contributed by atoms with Gasteiger partial charge in [0.05, 0.1) is 0 Å². The molecule has 1 aliphatic rings. The lowest BCUT2D eigenvalue weighted by Crippen LogP contribution is -2.45. The molecule has 2 atom stereocenters. The average molecular weight is 236 g/mol. The Labute approximate surface area is 102 Å². The highest BCUT2D eigenvalue weighted by molar-refractivity contribution is 8.00. The van der Waals surface area contributed by atoms with Crippen LogP contribution in [0.25, 0.3) is 0 Å². The van der Waals surface area contributed by atoms with Crippen molar-refractivity contribution < 1.29 is 0 Å². The Morgan fingerprint density at radius 2 is 2.44 bits per heavy atom. The van der Waals surface area contributed by atoms with Crippen LogP contribution in [0.5, 0.6) is 0 Å². The van der Waals surface area contributed by atoms with Gasteiger partial charge in [0.25, 0.3) is 0 Å². The first-order valence-electron chi connectivity index (χ1n) is 5.96. The minimum atomic E-state index is 0.381. The van der Waals surface area contributed by atoms with E-state index < -0.39 is 0 Å². The highest BCUT2D eigenvalue weighted by atomic mass is 32.2. The van der Waals surface area contributed by atoms with Crippen molar-refractivity contribution >= 4 is 11.8 Å². The van der Waals surface area contributed by atoms with E-state index in [9.17, 15) is 0 Å². The summed E-state index contributed by atoms with van der Waals surface area (Å²) in [6, 6.07) is 6.69. The van der Waals surface area contributed by atoms with Crippen molar-refractivity contribution in [1.82, 2.24) is 10.3 Å². The first-order chi connectivity index (χ1) is 7.74. The van der Waals surface area contributed by atoms with Crippen LogP contribution in [0, 0.1) is 0 Å². The number of hydrogen-bond donors (Lipinski definition) is 1. The molecule has 1 fully saturated rings. The van der Waals surface area contributed by atoms with E-state index >= 15 is 0 Å². The maximum atomic E-state index is 4.42. The monoisotopic (exact) mass is 236 g/mol. The van der Waals surface area contributed by atoms with Gasteiger partial charge in [-0.3, -0.25) is 4.98 Å². The van der Waals surface area contributed by atoms with Crippen molar-refractivity contribution in [1.29, 1.82) is 0 Å². The number of likely N-dealkylation sites (N-methyl/N-ethyl adjacent to an activating group) is 1. The molecule has 16 heavy (non-hydrogen) atoms. The Balaban J connectivity index is 2.06. The van der Waals surface area contributed by atoms with Gasteiger partial charge < -0.3 is 5.32 Å². The van der Waals surface area contributed by atoms with Gasteiger partial charge in [0.1, 0.15) is 0 Å². The van der Waals surface area contributed by atoms with Gasteiger partial charge in [0.15, 0.2) is 0 Å². The summed E-state index contributed by atoms with van der Waals surface area (Å²) in [7, 11) is 2.07. The van der Waals surface area contributed by atoms with Gasteiger partial charge in [-0.15, -0.1) is 0 Å². The van der Waals surface area contributed by atoms with E-state index in [0.29, 0.717) is 10.8 Å². The number of hydrogen-bond acceptors (Lipinski definition) is 3. The molecule has 0 saturated carbocycles. The third-order valence-electron chi connectivity index (χ3n) is 3.47. The Bertz CT molecular complexity index is 320. The summed E-state index contributed by atoms with van der Waals surface area (Å²) in [4.78, 5) is 4.42. The zero-order valence-corrected chi connectivity index (χ0v) is 10.9. The molecule has 0 amide bonds. The van der Waals surface area contributed by atoms with E-state index in [4.69, 9.17) is 0 Å². The van der Waals surface area contributed by atoms with Gasteiger partial charge in [-0.25, -0.2) is 0 Å². The molecule has 0 bridgehead atoms. The predicted octanol–water partition coefficient (Wildman–Crippen LogP) is 2.50. The molecule has 1 aliphatic heterocycles. The molecule has 0 aromatic carbocycles. The van der Waals surface area contributed by atoms with Crippen LogP contribution in [0.3, 0.4) is 0 Å². The van der Waals surface area contributed by atoms with Crippen LogP contribution in [0.2, 0.25) is 0 Å². The van der Waals surface area contributed by atoms with Crippen LogP contribution in [0.1, 0.15) is 25.5 Å².